The van der Waals surface area contributed by atoms with E-state index in [4.69, 9.17) is 4.42 Å². The maximum Gasteiger partial charge on any atom is 0.346 e. The van der Waals surface area contributed by atoms with Gasteiger partial charge in [-0.25, -0.2) is 9.78 Å². The Morgan fingerprint density at radius 3 is 2.64 bits per heavy atom. The molecule has 138 valence electrons. The molecule has 0 saturated heterocycles. The molecule has 0 aliphatic rings. The molecule has 0 fully saturated rings. The molecule has 0 atom stereocenters. The van der Waals surface area contributed by atoms with Crippen molar-refractivity contribution in [1.82, 2.24) is 4.98 Å². The van der Waals surface area contributed by atoms with Gasteiger partial charge in [-0.15, -0.1) is 0 Å². The van der Waals surface area contributed by atoms with Crippen LogP contribution in [-0.2, 0) is 0 Å². The number of aromatic nitrogens is 1. The number of para-hydroxylation sites is 2. The van der Waals surface area contributed by atoms with E-state index in [1.54, 1.807) is 37.3 Å². The molecule has 8 nitrogen and oxygen atoms in total. The Balaban J connectivity index is 1.85. The summed E-state index contributed by atoms with van der Waals surface area (Å²) < 4.78 is 5.33. The molecule has 8 heteroatoms. The fourth-order valence-corrected chi connectivity index (χ4v) is 3.10. The number of nitro groups is 1. The quantitative estimate of drug-likeness (QED) is 0.252. The fraction of sp³-hybridized carbons (Fsp3) is 0.0500. The molecule has 4 aromatic rings. The predicted octanol–water partition coefficient (Wildman–Crippen LogP) is 3.81. The van der Waals surface area contributed by atoms with Gasteiger partial charge in [0, 0.05) is 11.5 Å². The molecule has 0 bridgehead atoms. The number of hydrogen-bond donors (Lipinski definition) is 1. The number of anilines is 1. The maximum atomic E-state index is 12.6. The molecular formula is C20H13N3O5. The number of nitro benzene ring substituents is 1. The van der Waals surface area contributed by atoms with Crippen molar-refractivity contribution >= 4 is 39.3 Å². The van der Waals surface area contributed by atoms with Crippen molar-refractivity contribution in [2.75, 3.05) is 5.32 Å². The highest BCUT2D eigenvalue weighted by Crippen LogP contribution is 2.26. The summed E-state index contributed by atoms with van der Waals surface area (Å²) in [6.45, 7) is 1.70. The van der Waals surface area contributed by atoms with Crippen molar-refractivity contribution < 1.29 is 14.1 Å². The average Bonchev–Trinajstić information content (AvgIpc) is 2.67. The van der Waals surface area contributed by atoms with Crippen molar-refractivity contribution in [3.8, 4) is 0 Å². The summed E-state index contributed by atoms with van der Waals surface area (Å²) in [5.41, 5.74) is 0.449. The van der Waals surface area contributed by atoms with E-state index in [0.717, 1.165) is 0 Å². The Labute approximate surface area is 157 Å². The second-order valence-electron chi connectivity index (χ2n) is 6.16. The summed E-state index contributed by atoms with van der Waals surface area (Å²) in [4.78, 5) is 39.8. The van der Waals surface area contributed by atoms with Crippen molar-refractivity contribution in [3.05, 3.63) is 86.3 Å². The van der Waals surface area contributed by atoms with Gasteiger partial charge in [-0.3, -0.25) is 14.9 Å². The normalized spacial score (nSPS) is 10.9. The summed E-state index contributed by atoms with van der Waals surface area (Å²) in [7, 11) is 0. The van der Waals surface area contributed by atoms with E-state index in [0.29, 0.717) is 27.4 Å². The SMILES string of the molecule is Cc1cc(NC(=O)c2ccccc2[N+](=O)[O-])nc2c1c(=O)oc1ccccc12. The van der Waals surface area contributed by atoms with E-state index < -0.39 is 16.5 Å². The van der Waals surface area contributed by atoms with Gasteiger partial charge in [0.25, 0.3) is 11.6 Å². The van der Waals surface area contributed by atoms with Crippen LogP contribution in [0.4, 0.5) is 11.5 Å². The zero-order valence-electron chi connectivity index (χ0n) is 14.6. The van der Waals surface area contributed by atoms with Gasteiger partial charge in [0.1, 0.15) is 17.0 Å². The van der Waals surface area contributed by atoms with Crippen LogP contribution < -0.4 is 10.9 Å². The number of aryl methyl sites for hydroxylation is 1. The highest BCUT2D eigenvalue weighted by molar-refractivity contribution is 6.08. The van der Waals surface area contributed by atoms with Crippen LogP contribution in [0.2, 0.25) is 0 Å². The molecule has 0 saturated carbocycles. The smallest absolute Gasteiger partial charge is 0.346 e. The van der Waals surface area contributed by atoms with Crippen LogP contribution in [0.5, 0.6) is 0 Å². The Kier molecular flexibility index (Phi) is 4.08. The minimum atomic E-state index is -0.661. The van der Waals surface area contributed by atoms with Gasteiger partial charge in [-0.05, 0) is 36.8 Å². The van der Waals surface area contributed by atoms with Gasteiger partial charge >= 0.3 is 5.63 Å². The molecular weight excluding hydrogens is 362 g/mol. The number of pyridine rings is 1. The highest BCUT2D eigenvalue weighted by Gasteiger charge is 2.20. The minimum absolute atomic E-state index is 0.0792. The highest BCUT2D eigenvalue weighted by atomic mass is 16.6. The largest absolute Gasteiger partial charge is 0.422 e. The summed E-state index contributed by atoms with van der Waals surface area (Å²) in [5, 5.41) is 14.7. The number of hydrogen-bond acceptors (Lipinski definition) is 6. The molecule has 0 spiro atoms. The zero-order chi connectivity index (χ0) is 19.8. The van der Waals surface area contributed by atoms with Crippen molar-refractivity contribution in [3.63, 3.8) is 0 Å². The van der Waals surface area contributed by atoms with Crippen LogP contribution in [0.1, 0.15) is 15.9 Å². The number of carbonyl (C=O) groups excluding carboxylic acids is 1. The van der Waals surface area contributed by atoms with Crippen molar-refractivity contribution in [2.45, 2.75) is 6.92 Å². The lowest BCUT2D eigenvalue weighted by molar-refractivity contribution is -0.385. The maximum absolute atomic E-state index is 12.6. The van der Waals surface area contributed by atoms with Gasteiger partial charge in [0.15, 0.2) is 0 Å². The molecule has 0 aliphatic heterocycles. The number of rotatable bonds is 3. The topological polar surface area (TPSA) is 115 Å². The lowest BCUT2D eigenvalue weighted by Crippen LogP contribution is -2.15. The van der Waals surface area contributed by atoms with Crippen LogP contribution in [0, 0.1) is 17.0 Å². The lowest BCUT2D eigenvalue weighted by atomic mass is 10.1. The van der Waals surface area contributed by atoms with Crippen LogP contribution in [0.3, 0.4) is 0 Å². The number of carbonyl (C=O) groups is 1. The first-order chi connectivity index (χ1) is 13.5. The zero-order valence-corrected chi connectivity index (χ0v) is 14.6. The molecule has 2 heterocycles. The van der Waals surface area contributed by atoms with Crippen LogP contribution in [-0.4, -0.2) is 15.8 Å². The molecule has 28 heavy (non-hydrogen) atoms. The standard InChI is InChI=1S/C20H13N3O5/c1-11-10-16(22-19(24)12-6-2-4-8-14(12)23(26)27)21-18-13-7-3-5-9-15(13)28-20(25)17(11)18/h2-10H,1H3,(H,21,22,24). The third kappa shape index (κ3) is 2.86. The van der Waals surface area contributed by atoms with Crippen LogP contribution in [0.15, 0.2) is 63.8 Å². The van der Waals surface area contributed by atoms with Crippen molar-refractivity contribution in [1.29, 1.82) is 0 Å². The Morgan fingerprint density at radius 1 is 1.14 bits per heavy atom. The first-order valence-corrected chi connectivity index (χ1v) is 8.33. The summed E-state index contributed by atoms with van der Waals surface area (Å²) in [6.07, 6.45) is 0. The molecule has 4 rings (SSSR count). The van der Waals surface area contributed by atoms with E-state index in [-0.39, 0.29) is 17.1 Å². The number of benzene rings is 2. The molecule has 2 aromatic heterocycles. The first-order valence-electron chi connectivity index (χ1n) is 8.33. The van der Waals surface area contributed by atoms with Gasteiger partial charge < -0.3 is 9.73 Å². The van der Waals surface area contributed by atoms with Gasteiger partial charge in [0.2, 0.25) is 0 Å². The van der Waals surface area contributed by atoms with Crippen molar-refractivity contribution in [2.24, 2.45) is 0 Å². The number of nitrogens with zero attached hydrogens (tertiary/aromatic N) is 2. The molecule has 0 aliphatic carbocycles. The van der Waals surface area contributed by atoms with Crippen LogP contribution in [0.25, 0.3) is 21.9 Å². The van der Waals surface area contributed by atoms with E-state index in [1.165, 1.54) is 24.3 Å². The second-order valence-corrected chi connectivity index (χ2v) is 6.16. The van der Waals surface area contributed by atoms with Gasteiger partial charge in [-0.1, -0.05) is 24.3 Å². The van der Waals surface area contributed by atoms with E-state index in [1.807, 2.05) is 0 Å². The Hall–Kier alpha value is -4.07. The Morgan fingerprint density at radius 2 is 1.86 bits per heavy atom. The molecule has 1 N–H and O–H groups in total. The average molecular weight is 375 g/mol. The summed E-state index contributed by atoms with van der Waals surface area (Å²) >= 11 is 0. The van der Waals surface area contributed by atoms with E-state index >= 15 is 0 Å². The van der Waals surface area contributed by atoms with E-state index in [2.05, 4.69) is 10.3 Å². The number of nitrogens with one attached hydrogen (secondary N) is 1. The minimum Gasteiger partial charge on any atom is -0.422 e. The molecule has 0 unspecified atom stereocenters. The van der Waals surface area contributed by atoms with Crippen LogP contribution >= 0.6 is 0 Å². The number of fused-ring (bicyclic) bond motifs is 3. The predicted molar refractivity (Wildman–Crippen MR) is 104 cm³/mol. The number of amides is 1. The molecule has 1 amide bonds. The Bertz CT molecular complexity index is 1330. The van der Waals surface area contributed by atoms with Gasteiger partial charge in [0.05, 0.1) is 15.8 Å². The van der Waals surface area contributed by atoms with E-state index in [9.17, 15) is 19.7 Å². The third-order valence-corrected chi connectivity index (χ3v) is 4.35. The fourth-order valence-electron chi connectivity index (χ4n) is 3.10. The monoisotopic (exact) mass is 375 g/mol. The first kappa shape index (κ1) is 17.3. The molecule has 2 aromatic carbocycles. The summed E-state index contributed by atoms with van der Waals surface area (Å²) in [5.74, 6) is -0.477. The second kappa shape index (κ2) is 6.58. The van der Waals surface area contributed by atoms with Gasteiger partial charge in [-0.2, -0.15) is 0 Å². The summed E-state index contributed by atoms with van der Waals surface area (Å²) in [6, 6.07) is 14.1. The third-order valence-electron chi connectivity index (χ3n) is 4.35. The molecule has 0 radical (unpaired) electrons. The lowest BCUT2D eigenvalue weighted by Gasteiger charge is -2.09.